The number of aliphatic hydroxyl groups is 2. The summed E-state index contributed by atoms with van der Waals surface area (Å²) in [5, 5.41) is 26.2. The normalized spacial score (nSPS) is 35.7. The second kappa shape index (κ2) is 14.6. The van der Waals surface area contributed by atoms with E-state index in [1.807, 2.05) is 56.1 Å². The van der Waals surface area contributed by atoms with Gasteiger partial charge < -0.3 is 39.0 Å². The number of carbonyl (C=O) groups is 4. The molecule has 2 saturated heterocycles. The number of carbonyl (C=O) groups excluding carboxylic acids is 4. The maximum Gasteiger partial charge on any atom is 0.344 e. The van der Waals surface area contributed by atoms with Crippen molar-refractivity contribution in [3.8, 4) is 5.75 Å². The molecular formula is C48H60N4O10. The number of piperidine rings is 1. The van der Waals surface area contributed by atoms with Gasteiger partial charge in [0.05, 0.1) is 33.0 Å². The summed E-state index contributed by atoms with van der Waals surface area (Å²) in [5.74, 6) is -1.85. The fourth-order valence-corrected chi connectivity index (χ4v) is 13.8. The number of hydrogen-bond acceptors (Lipinski definition) is 13. The Morgan fingerprint density at radius 1 is 0.919 bits per heavy atom. The SMILES string of the molecule is CC[C@]1(O)C[C@H]2CN(CCc3c([nH]c4ccc(C(C)=O)cc34)[C@@](C(=O)OC)(c3cc4c(cc3OC)N(C)[C@H]3[C@@](O)(C(=O)OC)[C@H](OC(C)=O)[C@]5(CC)C=CCN6CC[C@]43[C@@H]65)C2)C1. The molecule has 10 atom stereocenters. The van der Waals surface area contributed by atoms with E-state index in [9.17, 15) is 24.6 Å². The highest BCUT2D eigenvalue weighted by Gasteiger charge is 2.80. The molecule has 3 aromatic rings. The fourth-order valence-electron chi connectivity index (χ4n) is 13.8. The van der Waals surface area contributed by atoms with Crippen LogP contribution in [0.15, 0.2) is 42.5 Å². The number of aromatic nitrogens is 1. The Kier molecular flexibility index (Phi) is 10.0. The molecule has 6 heterocycles. The van der Waals surface area contributed by atoms with E-state index in [0.717, 1.165) is 22.0 Å². The van der Waals surface area contributed by atoms with Crippen LogP contribution >= 0.6 is 0 Å². The van der Waals surface area contributed by atoms with Gasteiger partial charge in [-0.05, 0) is 93.3 Å². The number of aromatic amines is 1. The van der Waals surface area contributed by atoms with Crippen molar-refractivity contribution < 1.29 is 48.3 Å². The van der Waals surface area contributed by atoms with E-state index in [1.54, 1.807) is 20.1 Å². The van der Waals surface area contributed by atoms with Crippen molar-refractivity contribution in [2.24, 2.45) is 11.3 Å². The molecule has 2 aromatic carbocycles. The lowest BCUT2D eigenvalue weighted by atomic mass is 9.47. The van der Waals surface area contributed by atoms with Crippen LogP contribution in [0.5, 0.6) is 5.75 Å². The van der Waals surface area contributed by atoms with E-state index < -0.39 is 57.5 Å². The number of ketones is 1. The first-order valence-electron chi connectivity index (χ1n) is 22.1. The molecule has 2 bridgehead atoms. The Balaban J connectivity index is 1.37. The maximum atomic E-state index is 15.4. The number of nitrogens with zero attached hydrogens (tertiary/aromatic N) is 3. The van der Waals surface area contributed by atoms with Crippen molar-refractivity contribution in [1.82, 2.24) is 14.8 Å². The highest BCUT2D eigenvalue weighted by molar-refractivity contribution is 6.00. The quantitative estimate of drug-likeness (QED) is 0.128. The Labute approximate surface area is 362 Å². The number of benzene rings is 2. The Morgan fingerprint density at radius 3 is 2.34 bits per heavy atom. The second-order valence-corrected chi connectivity index (χ2v) is 19.0. The molecule has 9 rings (SSSR count). The number of Topliss-reactive ketones (excluding diaryl/α,β-unsaturated/α-hetero) is 1. The molecule has 5 aliphatic heterocycles. The number of likely N-dealkylation sites (N-methyl/N-ethyl adjacent to an activating group) is 1. The first-order chi connectivity index (χ1) is 29.5. The molecule has 62 heavy (non-hydrogen) atoms. The van der Waals surface area contributed by atoms with Gasteiger partial charge in [0.1, 0.15) is 11.2 Å². The van der Waals surface area contributed by atoms with Gasteiger partial charge in [0.2, 0.25) is 5.60 Å². The summed E-state index contributed by atoms with van der Waals surface area (Å²) in [6, 6.07) is 8.26. The number of anilines is 1. The van der Waals surface area contributed by atoms with Crippen molar-refractivity contribution in [1.29, 1.82) is 0 Å². The van der Waals surface area contributed by atoms with Gasteiger partial charge in [-0.3, -0.25) is 24.2 Å². The predicted molar refractivity (Wildman–Crippen MR) is 230 cm³/mol. The molecule has 3 fully saturated rings. The summed E-state index contributed by atoms with van der Waals surface area (Å²) < 4.78 is 24.0. The van der Waals surface area contributed by atoms with Crippen molar-refractivity contribution in [3.05, 3.63) is 70.4 Å². The number of fused-ring (bicyclic) bond motifs is 6. The molecule has 14 heteroatoms. The predicted octanol–water partition coefficient (Wildman–Crippen LogP) is 4.19. The summed E-state index contributed by atoms with van der Waals surface area (Å²) in [4.78, 5) is 66.0. The zero-order valence-electron chi connectivity index (χ0n) is 37.1. The molecule has 0 radical (unpaired) electrons. The molecule has 1 aromatic heterocycles. The zero-order valence-corrected chi connectivity index (χ0v) is 37.1. The van der Waals surface area contributed by atoms with Gasteiger partial charge in [0.15, 0.2) is 11.9 Å². The van der Waals surface area contributed by atoms with Gasteiger partial charge in [-0.2, -0.15) is 0 Å². The number of methoxy groups -OCH3 is 3. The molecule has 3 N–H and O–H groups in total. The summed E-state index contributed by atoms with van der Waals surface area (Å²) in [7, 11) is 6.05. The highest BCUT2D eigenvalue weighted by Crippen LogP contribution is 2.68. The Morgan fingerprint density at radius 2 is 1.68 bits per heavy atom. The van der Waals surface area contributed by atoms with E-state index in [4.69, 9.17) is 18.9 Å². The van der Waals surface area contributed by atoms with Gasteiger partial charge >= 0.3 is 17.9 Å². The first kappa shape index (κ1) is 42.5. The summed E-state index contributed by atoms with van der Waals surface area (Å²) >= 11 is 0. The number of hydrogen-bond donors (Lipinski definition) is 3. The van der Waals surface area contributed by atoms with Gasteiger partial charge in [-0.25, -0.2) is 4.79 Å². The number of H-pyrrole nitrogens is 1. The smallest absolute Gasteiger partial charge is 0.344 e. The van der Waals surface area contributed by atoms with Crippen molar-refractivity contribution in [3.63, 3.8) is 0 Å². The van der Waals surface area contributed by atoms with Gasteiger partial charge in [0.25, 0.3) is 0 Å². The minimum absolute atomic E-state index is 0.0726. The third-order valence-electron chi connectivity index (χ3n) is 16.1. The standard InChI is InChI=1S/C48H60N4O10/c1-9-44(57)23-29-24-47(42(55)60-7,38-31(14-18-51(25-29)26-44)32-20-30(27(3)53)12-13-35(32)49-38)34-21-33-36(22-37(34)59-6)50(5)40-46(33)16-19-52-17-11-15-45(10-2,39(46)52)41(62-28(4)54)48(40,58)43(56)61-8/h11-13,15,20-22,29,39-41,49,57-58H,9-10,14,16-19,23-26H2,1-8H3/t29-,39+,40-,41-,44+,45-,46-,47+,48+/m1/s1. The van der Waals surface area contributed by atoms with E-state index in [0.29, 0.717) is 93.1 Å². The number of ether oxygens (including phenoxy) is 4. The third-order valence-corrected chi connectivity index (χ3v) is 16.1. The largest absolute Gasteiger partial charge is 0.496 e. The van der Waals surface area contributed by atoms with Crippen LogP contribution in [0.25, 0.3) is 10.9 Å². The van der Waals surface area contributed by atoms with Gasteiger partial charge in [0, 0.05) is 96.5 Å². The van der Waals surface area contributed by atoms with Gasteiger partial charge in [-0.1, -0.05) is 26.0 Å². The highest BCUT2D eigenvalue weighted by atomic mass is 16.6. The van der Waals surface area contributed by atoms with Crippen LogP contribution in [0, 0.1) is 11.3 Å². The maximum absolute atomic E-state index is 15.4. The molecule has 332 valence electrons. The lowest BCUT2D eigenvalue weighted by Crippen LogP contribution is -2.81. The van der Waals surface area contributed by atoms with Crippen LogP contribution < -0.4 is 9.64 Å². The monoisotopic (exact) mass is 852 g/mol. The van der Waals surface area contributed by atoms with Crippen LogP contribution in [-0.4, -0.2) is 139 Å². The molecule has 0 amide bonds. The second-order valence-electron chi connectivity index (χ2n) is 19.0. The van der Waals surface area contributed by atoms with Crippen molar-refractivity contribution >= 4 is 40.3 Å². The lowest BCUT2D eigenvalue weighted by molar-refractivity contribution is -0.228. The number of rotatable bonds is 8. The van der Waals surface area contributed by atoms with Crippen LogP contribution in [0.2, 0.25) is 0 Å². The molecule has 1 aliphatic carbocycles. The van der Waals surface area contributed by atoms with Crippen LogP contribution in [0.1, 0.15) is 92.5 Å². The molecular weight excluding hydrogens is 793 g/mol. The average Bonchev–Trinajstić information content (AvgIpc) is 3.92. The lowest BCUT2D eigenvalue weighted by Gasteiger charge is -2.63. The van der Waals surface area contributed by atoms with E-state index in [2.05, 4.69) is 20.9 Å². The average molecular weight is 853 g/mol. The Hall–Kier alpha value is -4.76. The summed E-state index contributed by atoms with van der Waals surface area (Å²) in [5.41, 5.74) is -1.85. The minimum atomic E-state index is -2.33. The molecule has 14 nitrogen and oxygen atoms in total. The minimum Gasteiger partial charge on any atom is -0.496 e. The van der Waals surface area contributed by atoms with E-state index in [-0.39, 0.29) is 24.2 Å². The zero-order chi connectivity index (χ0) is 44.3. The van der Waals surface area contributed by atoms with Crippen LogP contribution in [0.4, 0.5) is 5.69 Å². The first-order valence-corrected chi connectivity index (χ1v) is 22.1. The van der Waals surface area contributed by atoms with Crippen LogP contribution in [-0.2, 0) is 45.8 Å². The van der Waals surface area contributed by atoms with Crippen molar-refractivity contribution in [2.45, 2.75) is 106 Å². The summed E-state index contributed by atoms with van der Waals surface area (Å²) in [6.07, 6.45) is 5.55. The van der Waals surface area contributed by atoms with Gasteiger partial charge in [-0.15, -0.1) is 0 Å². The molecule has 6 aliphatic rings. The van der Waals surface area contributed by atoms with Crippen LogP contribution in [0.3, 0.4) is 0 Å². The topological polar surface area (TPSA) is 171 Å². The van der Waals surface area contributed by atoms with E-state index in [1.165, 1.54) is 21.1 Å². The molecule has 1 unspecified atom stereocenters. The molecule has 1 saturated carbocycles. The number of nitrogens with one attached hydrogen (secondary N) is 1. The third kappa shape index (κ3) is 5.54. The number of esters is 3. The van der Waals surface area contributed by atoms with E-state index >= 15 is 4.79 Å². The van der Waals surface area contributed by atoms with Crippen molar-refractivity contribution in [2.75, 3.05) is 66.0 Å². The Bertz CT molecular complexity index is 2410. The summed E-state index contributed by atoms with van der Waals surface area (Å²) in [6.45, 7) is 9.86. The molecule has 1 spiro atoms. The fraction of sp³-hybridized carbons (Fsp3) is 0.583.